The van der Waals surface area contributed by atoms with Gasteiger partial charge in [-0.1, -0.05) is 24.3 Å². The van der Waals surface area contributed by atoms with Crippen LogP contribution >= 0.6 is 15.9 Å². The minimum Gasteiger partial charge on any atom is -0.449 e. The molecule has 22 heavy (non-hydrogen) atoms. The van der Waals surface area contributed by atoms with Crippen molar-refractivity contribution < 1.29 is 14.3 Å². The standard InChI is InChI=1S/C17H18BrNO3/c1-2-22-17(21)19-10-14(18)11-6-3-4-7-12(11)16(19)13-8-5-9-15(13)20/h3-4,6-7,10,13,16H,2,5,8-9H2,1H3. The summed E-state index contributed by atoms with van der Waals surface area (Å²) in [6.07, 6.45) is 3.66. The molecule has 0 bridgehead atoms. The maximum Gasteiger partial charge on any atom is 0.414 e. The van der Waals surface area contributed by atoms with Crippen LogP contribution in [0.2, 0.25) is 0 Å². The first-order valence-electron chi connectivity index (χ1n) is 7.58. The van der Waals surface area contributed by atoms with E-state index in [1.807, 2.05) is 24.3 Å². The Hall–Kier alpha value is -1.62. The van der Waals surface area contributed by atoms with Gasteiger partial charge in [-0.25, -0.2) is 4.79 Å². The summed E-state index contributed by atoms with van der Waals surface area (Å²) >= 11 is 3.52. The predicted octanol–water partition coefficient (Wildman–Crippen LogP) is 4.26. The number of nitrogens with zero attached hydrogens (tertiary/aromatic N) is 1. The first-order chi connectivity index (χ1) is 10.6. The molecule has 116 valence electrons. The molecule has 0 radical (unpaired) electrons. The van der Waals surface area contributed by atoms with Crippen LogP contribution in [0.25, 0.3) is 4.48 Å². The maximum absolute atomic E-state index is 12.4. The van der Waals surface area contributed by atoms with Crippen LogP contribution in [0.5, 0.6) is 0 Å². The van der Waals surface area contributed by atoms with E-state index in [1.54, 1.807) is 18.0 Å². The number of amides is 1. The molecule has 1 aromatic rings. The molecule has 1 aromatic carbocycles. The number of rotatable bonds is 2. The summed E-state index contributed by atoms with van der Waals surface area (Å²) < 4.78 is 6.01. The number of hydrogen-bond donors (Lipinski definition) is 0. The van der Waals surface area contributed by atoms with Gasteiger partial charge in [0.25, 0.3) is 0 Å². The van der Waals surface area contributed by atoms with Gasteiger partial charge < -0.3 is 4.74 Å². The molecule has 0 spiro atoms. The third kappa shape index (κ3) is 2.58. The number of halogens is 1. The number of carbonyl (C=O) groups excluding carboxylic acids is 2. The highest BCUT2D eigenvalue weighted by Gasteiger charge is 2.41. The zero-order valence-electron chi connectivity index (χ0n) is 12.4. The highest BCUT2D eigenvalue weighted by molar-refractivity contribution is 9.15. The quantitative estimate of drug-likeness (QED) is 0.788. The van der Waals surface area contributed by atoms with Crippen LogP contribution in [0, 0.1) is 5.92 Å². The zero-order valence-corrected chi connectivity index (χ0v) is 14.0. The van der Waals surface area contributed by atoms with Gasteiger partial charge in [-0.05, 0) is 46.8 Å². The summed E-state index contributed by atoms with van der Waals surface area (Å²) in [5.41, 5.74) is 2.04. The van der Waals surface area contributed by atoms with Crippen molar-refractivity contribution in [1.29, 1.82) is 0 Å². The van der Waals surface area contributed by atoms with Crippen molar-refractivity contribution in [3.05, 3.63) is 41.6 Å². The monoisotopic (exact) mass is 363 g/mol. The maximum atomic E-state index is 12.4. The fraction of sp³-hybridized carbons (Fsp3) is 0.412. The van der Waals surface area contributed by atoms with Gasteiger partial charge >= 0.3 is 6.09 Å². The summed E-state index contributed by atoms with van der Waals surface area (Å²) in [6.45, 7) is 2.10. The van der Waals surface area contributed by atoms with Crippen LogP contribution in [0.1, 0.15) is 43.4 Å². The number of carbonyl (C=O) groups is 2. The molecule has 1 amide bonds. The molecule has 1 fully saturated rings. The number of Topliss-reactive ketones (excluding diaryl/α,β-unsaturated/α-hetero) is 1. The Kier molecular flexibility index (Phi) is 4.34. The van der Waals surface area contributed by atoms with E-state index in [9.17, 15) is 9.59 Å². The summed E-state index contributed by atoms with van der Waals surface area (Å²) in [4.78, 5) is 26.2. The Bertz CT molecular complexity index is 641. The van der Waals surface area contributed by atoms with Gasteiger partial charge in [-0.3, -0.25) is 9.69 Å². The molecule has 2 aliphatic rings. The Morgan fingerprint density at radius 1 is 1.41 bits per heavy atom. The SMILES string of the molecule is CCOC(=O)N1C=C(Br)c2ccccc2C1C1CCCC1=O. The lowest BCUT2D eigenvalue weighted by Gasteiger charge is -2.36. The molecule has 4 nitrogen and oxygen atoms in total. The molecule has 0 aromatic heterocycles. The lowest BCUT2D eigenvalue weighted by Crippen LogP contribution is -2.38. The van der Waals surface area contributed by atoms with Crippen molar-refractivity contribution >= 4 is 32.3 Å². The summed E-state index contributed by atoms with van der Waals surface area (Å²) in [5.74, 6) is 0.0860. The topological polar surface area (TPSA) is 46.6 Å². The third-order valence-corrected chi connectivity index (χ3v) is 4.93. The minimum absolute atomic E-state index is 0.151. The molecule has 2 atom stereocenters. The lowest BCUT2D eigenvalue weighted by molar-refractivity contribution is -0.122. The van der Waals surface area contributed by atoms with Crippen molar-refractivity contribution in [3.8, 4) is 0 Å². The predicted molar refractivity (Wildman–Crippen MR) is 87.3 cm³/mol. The van der Waals surface area contributed by atoms with Crippen molar-refractivity contribution in [2.45, 2.75) is 32.2 Å². The van der Waals surface area contributed by atoms with E-state index in [1.165, 1.54) is 0 Å². The van der Waals surface area contributed by atoms with Crippen molar-refractivity contribution in [2.75, 3.05) is 6.61 Å². The second-order valence-electron chi connectivity index (χ2n) is 5.58. The Morgan fingerprint density at radius 2 is 2.18 bits per heavy atom. The molecule has 2 unspecified atom stereocenters. The molecule has 1 saturated carbocycles. The second kappa shape index (κ2) is 6.24. The number of ether oxygens (including phenoxy) is 1. The minimum atomic E-state index is -0.404. The first kappa shape index (κ1) is 15.3. The van der Waals surface area contributed by atoms with Gasteiger partial charge in [-0.2, -0.15) is 0 Å². The highest BCUT2D eigenvalue weighted by atomic mass is 79.9. The van der Waals surface area contributed by atoms with E-state index < -0.39 is 6.09 Å². The first-order valence-corrected chi connectivity index (χ1v) is 8.37. The van der Waals surface area contributed by atoms with Crippen LogP contribution in [0.15, 0.2) is 30.5 Å². The van der Waals surface area contributed by atoms with Gasteiger partial charge in [-0.15, -0.1) is 0 Å². The average Bonchev–Trinajstić information content (AvgIpc) is 2.93. The third-order valence-electron chi connectivity index (χ3n) is 4.30. The van der Waals surface area contributed by atoms with E-state index in [4.69, 9.17) is 4.74 Å². The van der Waals surface area contributed by atoms with E-state index in [0.29, 0.717) is 13.0 Å². The Balaban J connectivity index is 2.07. The lowest BCUT2D eigenvalue weighted by atomic mass is 9.85. The molecule has 3 rings (SSSR count). The van der Waals surface area contributed by atoms with Crippen LogP contribution in [-0.4, -0.2) is 23.4 Å². The fourth-order valence-corrected chi connectivity index (χ4v) is 3.93. The molecule has 1 aliphatic carbocycles. The summed E-state index contributed by atoms with van der Waals surface area (Å²) in [6, 6.07) is 7.63. The molecule has 5 heteroatoms. The van der Waals surface area contributed by atoms with Crippen LogP contribution in [0.3, 0.4) is 0 Å². The molecular weight excluding hydrogens is 346 g/mol. The van der Waals surface area contributed by atoms with Gasteiger partial charge in [0.15, 0.2) is 0 Å². The van der Waals surface area contributed by atoms with Gasteiger partial charge in [0.2, 0.25) is 0 Å². The van der Waals surface area contributed by atoms with Gasteiger partial charge in [0.05, 0.1) is 12.6 Å². The fourth-order valence-electron chi connectivity index (χ4n) is 3.35. The normalized spacial score (nSPS) is 24.0. The molecular formula is C17H18BrNO3. The largest absolute Gasteiger partial charge is 0.449 e. The smallest absolute Gasteiger partial charge is 0.414 e. The van der Waals surface area contributed by atoms with E-state index in [0.717, 1.165) is 28.5 Å². The Labute approximate surface area is 138 Å². The van der Waals surface area contributed by atoms with E-state index in [-0.39, 0.29) is 17.7 Å². The molecule has 1 heterocycles. The van der Waals surface area contributed by atoms with E-state index in [2.05, 4.69) is 15.9 Å². The molecule has 0 saturated heterocycles. The summed E-state index contributed by atoms with van der Waals surface area (Å²) in [5, 5.41) is 0. The highest BCUT2D eigenvalue weighted by Crippen LogP contribution is 2.45. The van der Waals surface area contributed by atoms with E-state index >= 15 is 0 Å². The number of ketones is 1. The van der Waals surface area contributed by atoms with Crippen LogP contribution in [-0.2, 0) is 9.53 Å². The number of hydrogen-bond acceptors (Lipinski definition) is 3. The van der Waals surface area contributed by atoms with Crippen molar-refractivity contribution in [3.63, 3.8) is 0 Å². The zero-order chi connectivity index (χ0) is 15.7. The van der Waals surface area contributed by atoms with Gasteiger partial charge in [0.1, 0.15) is 5.78 Å². The number of fused-ring (bicyclic) bond motifs is 1. The molecule has 1 aliphatic heterocycles. The second-order valence-corrected chi connectivity index (χ2v) is 6.43. The average molecular weight is 364 g/mol. The van der Waals surface area contributed by atoms with Crippen LogP contribution in [0.4, 0.5) is 4.79 Å². The van der Waals surface area contributed by atoms with Crippen molar-refractivity contribution in [1.82, 2.24) is 4.90 Å². The Morgan fingerprint density at radius 3 is 2.86 bits per heavy atom. The van der Waals surface area contributed by atoms with Crippen LogP contribution < -0.4 is 0 Å². The summed E-state index contributed by atoms with van der Waals surface area (Å²) in [7, 11) is 0. The van der Waals surface area contributed by atoms with Crippen molar-refractivity contribution in [2.24, 2.45) is 5.92 Å². The number of benzene rings is 1. The van der Waals surface area contributed by atoms with Gasteiger partial charge in [0, 0.05) is 23.0 Å². The molecule has 0 N–H and O–H groups in total.